The third-order valence-corrected chi connectivity index (χ3v) is 6.78. The van der Waals surface area contributed by atoms with Gasteiger partial charge in [0.25, 0.3) is 0 Å². The second-order valence-corrected chi connectivity index (χ2v) is 8.64. The van der Waals surface area contributed by atoms with Crippen molar-refractivity contribution in [2.75, 3.05) is 6.54 Å². The molecule has 1 aliphatic rings. The van der Waals surface area contributed by atoms with Crippen LogP contribution in [-0.4, -0.2) is 36.2 Å². The minimum atomic E-state index is -3.71. The number of rotatable bonds is 7. The van der Waals surface area contributed by atoms with E-state index in [4.69, 9.17) is 0 Å². The zero-order valence-corrected chi connectivity index (χ0v) is 14.9. The first-order valence-electron chi connectivity index (χ1n) is 7.73. The van der Waals surface area contributed by atoms with Crippen LogP contribution >= 0.6 is 11.3 Å². The lowest BCUT2D eigenvalue weighted by atomic mass is 10.3. The molecule has 1 aliphatic carbocycles. The molecule has 0 bridgehead atoms. The average molecular weight is 365 g/mol. The summed E-state index contributed by atoms with van der Waals surface area (Å²) >= 11 is 1.56. The van der Waals surface area contributed by atoms with Crippen LogP contribution in [0, 0.1) is 0 Å². The molecule has 0 aliphatic heterocycles. The summed E-state index contributed by atoms with van der Waals surface area (Å²) in [7, 11) is -3.71. The first kappa shape index (κ1) is 17.1. The third kappa shape index (κ3) is 3.82. The van der Waals surface area contributed by atoms with Crippen molar-refractivity contribution < 1.29 is 13.2 Å². The SMILES string of the molecule is CC(NC(=O)CN(C1CC1)S(=O)(=O)c1cccnc1)c1cccs1. The molecule has 1 unspecified atom stereocenters. The van der Waals surface area contributed by atoms with Crippen LogP contribution in [0.3, 0.4) is 0 Å². The number of carbonyl (C=O) groups is 1. The molecule has 1 amide bonds. The summed E-state index contributed by atoms with van der Waals surface area (Å²) in [6, 6.07) is 6.71. The smallest absolute Gasteiger partial charge is 0.245 e. The van der Waals surface area contributed by atoms with Gasteiger partial charge in [0.2, 0.25) is 15.9 Å². The Bertz CT molecular complexity index is 787. The number of hydrogen-bond acceptors (Lipinski definition) is 5. The fourth-order valence-corrected chi connectivity index (χ4v) is 4.79. The summed E-state index contributed by atoms with van der Waals surface area (Å²) in [4.78, 5) is 17.4. The number of thiophene rings is 1. The standard InChI is InChI=1S/C16H19N3O3S2/c1-12(15-5-3-9-23-15)18-16(20)11-19(13-6-7-13)24(21,22)14-4-2-8-17-10-14/h2-5,8-10,12-13H,6-7,11H2,1H3,(H,18,20). The number of nitrogens with zero attached hydrogens (tertiary/aromatic N) is 2. The fourth-order valence-electron chi connectivity index (χ4n) is 2.45. The Labute approximate surface area is 145 Å². The monoisotopic (exact) mass is 365 g/mol. The van der Waals surface area contributed by atoms with Crippen LogP contribution < -0.4 is 5.32 Å². The Kier molecular flexibility index (Phi) is 4.98. The number of amides is 1. The second-order valence-electron chi connectivity index (χ2n) is 5.77. The van der Waals surface area contributed by atoms with Gasteiger partial charge in [-0.1, -0.05) is 6.07 Å². The van der Waals surface area contributed by atoms with E-state index in [0.717, 1.165) is 17.7 Å². The van der Waals surface area contributed by atoms with Gasteiger partial charge < -0.3 is 5.32 Å². The van der Waals surface area contributed by atoms with Crippen molar-refractivity contribution in [1.29, 1.82) is 0 Å². The van der Waals surface area contributed by atoms with E-state index in [1.165, 1.54) is 22.8 Å². The van der Waals surface area contributed by atoms with Crippen LogP contribution in [-0.2, 0) is 14.8 Å². The molecule has 2 heterocycles. The van der Waals surface area contributed by atoms with Crippen molar-refractivity contribution in [3.05, 3.63) is 46.9 Å². The van der Waals surface area contributed by atoms with E-state index in [9.17, 15) is 13.2 Å². The Hall–Kier alpha value is -1.77. The van der Waals surface area contributed by atoms with Gasteiger partial charge >= 0.3 is 0 Å². The molecule has 1 fully saturated rings. The Morgan fingerprint density at radius 1 is 1.42 bits per heavy atom. The Morgan fingerprint density at radius 3 is 2.79 bits per heavy atom. The molecule has 1 saturated carbocycles. The molecule has 2 aromatic rings. The van der Waals surface area contributed by atoms with Crippen molar-refractivity contribution in [3.63, 3.8) is 0 Å². The van der Waals surface area contributed by atoms with Crippen molar-refractivity contribution in [2.45, 2.75) is 36.7 Å². The van der Waals surface area contributed by atoms with Gasteiger partial charge in [-0.25, -0.2) is 8.42 Å². The Morgan fingerprint density at radius 2 is 2.21 bits per heavy atom. The van der Waals surface area contributed by atoms with Gasteiger partial charge in [0, 0.05) is 23.3 Å². The molecule has 6 nitrogen and oxygen atoms in total. The summed E-state index contributed by atoms with van der Waals surface area (Å²) in [5, 5.41) is 4.81. The lowest BCUT2D eigenvalue weighted by Gasteiger charge is -2.22. The predicted molar refractivity (Wildman–Crippen MR) is 92.0 cm³/mol. The van der Waals surface area contributed by atoms with Crippen molar-refractivity contribution in [2.24, 2.45) is 0 Å². The van der Waals surface area contributed by atoms with Gasteiger partial charge in [0.1, 0.15) is 4.90 Å². The number of sulfonamides is 1. The molecule has 8 heteroatoms. The summed E-state index contributed by atoms with van der Waals surface area (Å²) in [5.41, 5.74) is 0. The van der Waals surface area contributed by atoms with E-state index < -0.39 is 10.0 Å². The second kappa shape index (κ2) is 7.00. The highest BCUT2D eigenvalue weighted by molar-refractivity contribution is 7.89. The molecule has 2 aromatic heterocycles. The largest absolute Gasteiger partial charge is 0.348 e. The predicted octanol–water partition coefficient (Wildman–Crippen LogP) is 2.17. The lowest BCUT2D eigenvalue weighted by Crippen LogP contribution is -2.42. The van der Waals surface area contributed by atoms with Gasteiger partial charge in [-0.2, -0.15) is 4.31 Å². The fraction of sp³-hybridized carbons (Fsp3) is 0.375. The number of aromatic nitrogens is 1. The van der Waals surface area contributed by atoms with Crippen LogP contribution in [0.25, 0.3) is 0 Å². The van der Waals surface area contributed by atoms with Crippen molar-refractivity contribution >= 4 is 27.3 Å². The molecule has 0 spiro atoms. The minimum Gasteiger partial charge on any atom is -0.348 e. The normalized spacial score (nSPS) is 16.1. The molecule has 0 radical (unpaired) electrons. The van der Waals surface area contributed by atoms with Gasteiger partial charge in [0.15, 0.2) is 0 Å². The summed E-state index contributed by atoms with van der Waals surface area (Å²) in [6.07, 6.45) is 4.41. The maximum absolute atomic E-state index is 12.8. The number of hydrogen-bond donors (Lipinski definition) is 1. The first-order chi connectivity index (χ1) is 11.5. The number of pyridine rings is 1. The topological polar surface area (TPSA) is 79.4 Å². The first-order valence-corrected chi connectivity index (χ1v) is 10.0. The molecule has 24 heavy (non-hydrogen) atoms. The number of nitrogens with one attached hydrogen (secondary N) is 1. The molecular formula is C16H19N3O3S2. The molecule has 1 N–H and O–H groups in total. The van der Waals surface area contributed by atoms with Crippen LogP contribution in [0.2, 0.25) is 0 Å². The lowest BCUT2D eigenvalue weighted by molar-refractivity contribution is -0.122. The van der Waals surface area contributed by atoms with E-state index in [1.807, 2.05) is 24.4 Å². The van der Waals surface area contributed by atoms with E-state index in [1.54, 1.807) is 17.4 Å². The maximum atomic E-state index is 12.8. The van der Waals surface area contributed by atoms with Gasteiger partial charge in [-0.15, -0.1) is 11.3 Å². The van der Waals surface area contributed by atoms with Crippen LogP contribution in [0.5, 0.6) is 0 Å². The number of carbonyl (C=O) groups excluding carboxylic acids is 1. The molecule has 128 valence electrons. The summed E-state index contributed by atoms with van der Waals surface area (Å²) in [5.74, 6) is -0.296. The summed E-state index contributed by atoms with van der Waals surface area (Å²) in [6.45, 7) is 1.72. The highest BCUT2D eigenvalue weighted by atomic mass is 32.2. The molecule has 0 aromatic carbocycles. The average Bonchev–Trinajstić information content (AvgIpc) is 3.25. The van der Waals surface area contributed by atoms with Crippen LogP contribution in [0.4, 0.5) is 0 Å². The molecular weight excluding hydrogens is 346 g/mol. The van der Waals surface area contributed by atoms with Crippen molar-refractivity contribution in [1.82, 2.24) is 14.6 Å². The highest BCUT2D eigenvalue weighted by Crippen LogP contribution is 2.31. The minimum absolute atomic E-state index is 0.0991. The van der Waals surface area contributed by atoms with Gasteiger partial charge in [-0.3, -0.25) is 9.78 Å². The molecule has 0 saturated heterocycles. The zero-order valence-electron chi connectivity index (χ0n) is 13.3. The molecule has 3 rings (SSSR count). The van der Waals surface area contributed by atoms with Crippen molar-refractivity contribution in [3.8, 4) is 0 Å². The van der Waals surface area contributed by atoms with Gasteiger partial charge in [-0.05, 0) is 43.3 Å². The quantitative estimate of drug-likeness (QED) is 0.816. The zero-order chi connectivity index (χ0) is 17.2. The maximum Gasteiger partial charge on any atom is 0.245 e. The van der Waals surface area contributed by atoms with Crippen LogP contribution in [0.1, 0.15) is 30.7 Å². The highest BCUT2D eigenvalue weighted by Gasteiger charge is 2.39. The van der Waals surface area contributed by atoms with E-state index in [2.05, 4.69) is 10.3 Å². The van der Waals surface area contributed by atoms with E-state index >= 15 is 0 Å². The molecule has 1 atom stereocenters. The van der Waals surface area contributed by atoms with Crippen LogP contribution in [0.15, 0.2) is 46.9 Å². The summed E-state index contributed by atoms with van der Waals surface area (Å²) < 4.78 is 26.8. The third-order valence-electron chi connectivity index (χ3n) is 3.84. The Balaban J connectivity index is 1.72. The van der Waals surface area contributed by atoms with Gasteiger partial charge in [0.05, 0.1) is 12.6 Å². The van der Waals surface area contributed by atoms with E-state index in [0.29, 0.717) is 0 Å². The van der Waals surface area contributed by atoms with E-state index in [-0.39, 0.29) is 29.4 Å².